The summed E-state index contributed by atoms with van der Waals surface area (Å²) in [5, 5.41) is 7.08. The summed E-state index contributed by atoms with van der Waals surface area (Å²) < 4.78 is 83.5. The molecule has 0 radical (unpaired) electrons. The van der Waals surface area contributed by atoms with Gasteiger partial charge in [0, 0.05) is 52.5 Å². The standard InChI is InChI=1S/C36H27BrF6N8O3/c1-20-15-50-30(17-49(20)33(53)21-6-8-27(37)26(13-21)36(41,42)43)31(32(52)45-14-22-4-2-3-5-25(22)29-10-11-44-19-46-29)51(34(50)54)24-7-9-28-23(12-24)16-48(47-28)18-35(38,39)40/h2-13,16,19-20H,14-15,17-18H2,1H3,(H,45,52)/t20-/m1/s1. The maximum absolute atomic E-state index is 14.3. The predicted molar refractivity (Wildman–Crippen MR) is 186 cm³/mol. The molecule has 1 atom stereocenters. The number of nitrogens with one attached hydrogen (secondary N) is 1. The van der Waals surface area contributed by atoms with Crippen LogP contribution in [0.4, 0.5) is 26.3 Å². The van der Waals surface area contributed by atoms with Gasteiger partial charge in [-0.2, -0.15) is 31.4 Å². The van der Waals surface area contributed by atoms with Crippen molar-refractivity contribution in [3.05, 3.63) is 128 Å². The second-order valence-electron chi connectivity index (χ2n) is 12.6. The van der Waals surface area contributed by atoms with Gasteiger partial charge in [-0.15, -0.1) is 0 Å². The monoisotopic (exact) mass is 812 g/mol. The summed E-state index contributed by atoms with van der Waals surface area (Å²) in [7, 11) is 0. The molecular weight excluding hydrogens is 786 g/mol. The first-order valence-electron chi connectivity index (χ1n) is 16.3. The van der Waals surface area contributed by atoms with Crippen molar-refractivity contribution in [2.24, 2.45) is 0 Å². The number of carbonyl (C=O) groups excluding carboxylic acids is 2. The number of halogens is 7. The van der Waals surface area contributed by atoms with Crippen molar-refractivity contribution in [1.82, 2.24) is 39.1 Å². The second kappa shape index (κ2) is 13.9. The van der Waals surface area contributed by atoms with Crippen LogP contribution in [0.2, 0.25) is 0 Å². The number of aromatic nitrogens is 6. The highest BCUT2D eigenvalue weighted by Crippen LogP contribution is 2.36. The van der Waals surface area contributed by atoms with E-state index in [-0.39, 0.29) is 57.6 Å². The van der Waals surface area contributed by atoms with Gasteiger partial charge < -0.3 is 10.2 Å². The molecule has 7 rings (SSSR count). The third-order valence-corrected chi connectivity index (χ3v) is 9.68. The maximum atomic E-state index is 14.3. The van der Waals surface area contributed by atoms with Gasteiger partial charge in [-0.1, -0.05) is 40.2 Å². The van der Waals surface area contributed by atoms with Crippen LogP contribution in [0, 0.1) is 0 Å². The quantitative estimate of drug-likeness (QED) is 0.178. The number of alkyl halides is 6. The van der Waals surface area contributed by atoms with E-state index in [1.807, 2.05) is 6.07 Å². The van der Waals surface area contributed by atoms with E-state index in [1.165, 1.54) is 46.3 Å². The fraction of sp³-hybridized carbons (Fsp3) is 0.222. The van der Waals surface area contributed by atoms with Gasteiger partial charge in [0.1, 0.15) is 18.6 Å². The highest BCUT2D eigenvalue weighted by Gasteiger charge is 2.38. The minimum absolute atomic E-state index is 0.0285. The van der Waals surface area contributed by atoms with E-state index in [0.717, 1.165) is 21.4 Å². The van der Waals surface area contributed by atoms with E-state index in [1.54, 1.807) is 37.4 Å². The van der Waals surface area contributed by atoms with E-state index >= 15 is 0 Å². The Morgan fingerprint density at radius 3 is 2.50 bits per heavy atom. The Kier molecular flexibility index (Phi) is 9.41. The van der Waals surface area contributed by atoms with Crippen LogP contribution in [0.25, 0.3) is 27.8 Å². The fourth-order valence-electron chi connectivity index (χ4n) is 6.50. The van der Waals surface area contributed by atoms with E-state index < -0.39 is 48.0 Å². The lowest BCUT2D eigenvalue weighted by Gasteiger charge is -2.34. The molecule has 3 aromatic carbocycles. The van der Waals surface area contributed by atoms with Gasteiger partial charge in [-0.25, -0.2) is 14.8 Å². The van der Waals surface area contributed by atoms with Crippen LogP contribution >= 0.6 is 15.9 Å². The van der Waals surface area contributed by atoms with Crippen molar-refractivity contribution in [3.63, 3.8) is 0 Å². The van der Waals surface area contributed by atoms with Gasteiger partial charge in [0.25, 0.3) is 11.8 Å². The molecule has 0 aliphatic carbocycles. The van der Waals surface area contributed by atoms with Gasteiger partial charge in [0.2, 0.25) is 0 Å². The van der Waals surface area contributed by atoms with Crippen molar-refractivity contribution in [1.29, 1.82) is 0 Å². The molecule has 1 N–H and O–H groups in total. The number of imidazole rings is 1. The third kappa shape index (κ3) is 7.12. The Bertz CT molecular complexity index is 2470. The zero-order chi connectivity index (χ0) is 38.5. The molecule has 4 heterocycles. The Hall–Kier alpha value is -5.78. The third-order valence-electron chi connectivity index (χ3n) is 8.99. The van der Waals surface area contributed by atoms with Crippen LogP contribution in [0.5, 0.6) is 0 Å². The summed E-state index contributed by atoms with van der Waals surface area (Å²) >= 11 is 2.89. The Balaban J connectivity index is 1.30. The van der Waals surface area contributed by atoms with Crippen molar-refractivity contribution in [2.75, 3.05) is 0 Å². The summed E-state index contributed by atoms with van der Waals surface area (Å²) in [6.45, 7) is -0.186. The lowest BCUT2D eigenvalue weighted by atomic mass is 10.0. The van der Waals surface area contributed by atoms with Crippen LogP contribution in [-0.2, 0) is 32.4 Å². The Labute approximate surface area is 310 Å². The molecule has 0 saturated heterocycles. The minimum Gasteiger partial charge on any atom is -0.347 e. The lowest BCUT2D eigenvalue weighted by molar-refractivity contribution is -0.142. The molecular formula is C36H27BrF6N8O3. The molecule has 18 heteroatoms. The molecule has 6 aromatic rings. The van der Waals surface area contributed by atoms with Crippen LogP contribution in [0.3, 0.4) is 0 Å². The number of amides is 2. The van der Waals surface area contributed by atoms with Gasteiger partial charge in [-0.05, 0) is 55.0 Å². The largest absolute Gasteiger partial charge is 0.417 e. The van der Waals surface area contributed by atoms with Gasteiger partial charge in [0.15, 0.2) is 0 Å². The smallest absolute Gasteiger partial charge is 0.347 e. The van der Waals surface area contributed by atoms with Gasteiger partial charge >= 0.3 is 18.0 Å². The highest BCUT2D eigenvalue weighted by atomic mass is 79.9. The van der Waals surface area contributed by atoms with Crippen molar-refractivity contribution in [2.45, 2.75) is 51.5 Å². The molecule has 2 amide bonds. The Morgan fingerprint density at radius 2 is 1.78 bits per heavy atom. The summed E-state index contributed by atoms with van der Waals surface area (Å²) in [6, 6.07) is 15.6. The molecule has 0 spiro atoms. The predicted octanol–water partition coefficient (Wildman–Crippen LogP) is 6.76. The van der Waals surface area contributed by atoms with Gasteiger partial charge in [-0.3, -0.25) is 23.4 Å². The first kappa shape index (κ1) is 36.6. The van der Waals surface area contributed by atoms with Crippen LogP contribution in [0.15, 0.2) is 94.7 Å². The Morgan fingerprint density at radius 1 is 1.00 bits per heavy atom. The van der Waals surface area contributed by atoms with Crippen LogP contribution in [-0.4, -0.2) is 57.8 Å². The highest BCUT2D eigenvalue weighted by molar-refractivity contribution is 9.10. The summed E-state index contributed by atoms with van der Waals surface area (Å²) in [5.74, 6) is -1.48. The lowest BCUT2D eigenvalue weighted by Crippen LogP contribution is -2.47. The molecule has 0 saturated carbocycles. The maximum Gasteiger partial charge on any atom is 0.417 e. The molecule has 11 nitrogen and oxygen atoms in total. The second-order valence-corrected chi connectivity index (χ2v) is 13.5. The molecule has 0 bridgehead atoms. The average Bonchev–Trinajstić information content (AvgIpc) is 3.65. The molecule has 1 aliphatic heterocycles. The summed E-state index contributed by atoms with van der Waals surface area (Å²) in [4.78, 5) is 51.9. The number of nitrogens with zero attached hydrogens (tertiary/aromatic N) is 7. The number of carbonyl (C=O) groups is 2. The molecule has 0 unspecified atom stereocenters. The normalized spacial score (nSPS) is 14.7. The first-order chi connectivity index (χ1) is 25.6. The van der Waals surface area contributed by atoms with Crippen LogP contribution in [0.1, 0.15) is 44.6 Å². The minimum atomic E-state index is -4.75. The SMILES string of the molecule is C[C@@H]1Cn2c(c(C(=O)NCc3ccccc3-c3ccncn3)n(-c3ccc4nn(CC(F)(F)F)cc4c3)c2=O)CN1C(=O)c1ccc(Br)c(C(F)(F)F)c1. The molecule has 0 fully saturated rings. The molecule has 54 heavy (non-hydrogen) atoms. The topological polar surface area (TPSA) is 120 Å². The molecule has 3 aromatic heterocycles. The van der Waals surface area contributed by atoms with Crippen molar-refractivity contribution >= 4 is 38.6 Å². The molecule has 278 valence electrons. The van der Waals surface area contributed by atoms with Gasteiger partial charge in [0.05, 0.1) is 34.7 Å². The van der Waals surface area contributed by atoms with E-state index in [4.69, 9.17) is 0 Å². The number of rotatable bonds is 7. The van der Waals surface area contributed by atoms with Crippen molar-refractivity contribution < 1.29 is 35.9 Å². The zero-order valence-electron chi connectivity index (χ0n) is 28.0. The van der Waals surface area contributed by atoms with Crippen molar-refractivity contribution in [3.8, 4) is 16.9 Å². The van der Waals surface area contributed by atoms with Crippen LogP contribution < -0.4 is 11.0 Å². The first-order valence-corrected chi connectivity index (χ1v) is 17.1. The summed E-state index contributed by atoms with van der Waals surface area (Å²) in [6.07, 6.45) is -5.16. The van der Waals surface area contributed by atoms with E-state index in [2.05, 4.69) is 36.3 Å². The molecule has 1 aliphatic rings. The number of hydrogen-bond acceptors (Lipinski definition) is 6. The number of fused-ring (bicyclic) bond motifs is 2. The number of benzene rings is 3. The average molecular weight is 814 g/mol. The number of hydrogen-bond donors (Lipinski definition) is 1. The zero-order valence-corrected chi connectivity index (χ0v) is 29.6. The summed E-state index contributed by atoms with van der Waals surface area (Å²) in [5.41, 5.74) is 0.303. The fourth-order valence-corrected chi connectivity index (χ4v) is 6.98. The van der Waals surface area contributed by atoms with E-state index in [9.17, 15) is 40.7 Å². The van der Waals surface area contributed by atoms with E-state index in [0.29, 0.717) is 16.8 Å².